The summed E-state index contributed by atoms with van der Waals surface area (Å²) in [6.07, 6.45) is 3.41. The van der Waals surface area contributed by atoms with Gasteiger partial charge >= 0.3 is 0 Å². The molecule has 1 aromatic rings. The minimum Gasteiger partial charge on any atom is -0.387 e. The number of aryl methyl sites for hydroxylation is 1. The average Bonchev–Trinajstić information content (AvgIpc) is 3.23. The number of aliphatic hydroxyl groups is 1. The fourth-order valence-corrected chi connectivity index (χ4v) is 2.76. The second kappa shape index (κ2) is 6.73. The number of nitrogens with zero attached hydrogens (tertiary/aromatic N) is 1. The smallest absolute Gasteiger partial charge is 0.0942 e. The molecule has 1 aromatic carbocycles. The Bertz CT molecular complexity index is 408. The van der Waals surface area contributed by atoms with Gasteiger partial charge in [-0.25, -0.2) is 0 Å². The van der Waals surface area contributed by atoms with Crippen LogP contribution in [0.5, 0.6) is 0 Å². The van der Waals surface area contributed by atoms with Crippen LogP contribution in [-0.2, 0) is 0 Å². The van der Waals surface area contributed by atoms with Crippen molar-refractivity contribution in [2.45, 2.75) is 65.1 Å². The summed E-state index contributed by atoms with van der Waals surface area (Å²) in [7, 11) is 0. The lowest BCUT2D eigenvalue weighted by molar-refractivity contribution is 0.0502. The van der Waals surface area contributed by atoms with Crippen molar-refractivity contribution in [3.63, 3.8) is 0 Å². The fourth-order valence-electron chi connectivity index (χ4n) is 2.76. The van der Waals surface area contributed by atoms with Crippen molar-refractivity contribution in [2.75, 3.05) is 6.54 Å². The highest BCUT2D eigenvalue weighted by Crippen LogP contribution is 2.33. The van der Waals surface area contributed by atoms with Gasteiger partial charge in [-0.15, -0.1) is 0 Å². The molecule has 1 aliphatic rings. The van der Waals surface area contributed by atoms with Crippen molar-refractivity contribution < 1.29 is 5.11 Å². The van der Waals surface area contributed by atoms with Gasteiger partial charge in [0.05, 0.1) is 6.10 Å². The first-order valence-electron chi connectivity index (χ1n) is 7.99. The SMILES string of the molecule is Cc1ccc(C(O)C(C)N(CCC(C)C)C2CC2)cc1. The predicted molar refractivity (Wildman–Crippen MR) is 84.8 cm³/mol. The van der Waals surface area contributed by atoms with Crippen LogP contribution in [0.2, 0.25) is 0 Å². The molecule has 1 aliphatic carbocycles. The summed E-state index contributed by atoms with van der Waals surface area (Å²) in [6.45, 7) is 9.90. The molecule has 1 fully saturated rings. The summed E-state index contributed by atoms with van der Waals surface area (Å²) < 4.78 is 0. The molecule has 2 unspecified atom stereocenters. The number of rotatable bonds is 7. The molecule has 0 aliphatic heterocycles. The molecule has 20 heavy (non-hydrogen) atoms. The minimum absolute atomic E-state index is 0.198. The Kier molecular flexibility index (Phi) is 5.22. The van der Waals surface area contributed by atoms with Gasteiger partial charge in [0.2, 0.25) is 0 Å². The fraction of sp³-hybridized carbons (Fsp3) is 0.667. The molecule has 2 heteroatoms. The van der Waals surface area contributed by atoms with Crippen LogP contribution >= 0.6 is 0 Å². The summed E-state index contributed by atoms with van der Waals surface area (Å²) in [5.41, 5.74) is 2.28. The lowest BCUT2D eigenvalue weighted by atomic mass is 10.00. The van der Waals surface area contributed by atoms with Gasteiger partial charge in [0, 0.05) is 12.1 Å². The van der Waals surface area contributed by atoms with Gasteiger partial charge in [0.1, 0.15) is 0 Å². The Morgan fingerprint density at radius 3 is 2.25 bits per heavy atom. The Morgan fingerprint density at radius 1 is 1.15 bits per heavy atom. The van der Waals surface area contributed by atoms with Crippen LogP contribution in [0.3, 0.4) is 0 Å². The molecule has 112 valence electrons. The molecule has 0 amide bonds. The molecule has 1 N–H and O–H groups in total. The van der Waals surface area contributed by atoms with Crippen LogP contribution in [0.4, 0.5) is 0 Å². The molecule has 0 saturated heterocycles. The zero-order valence-corrected chi connectivity index (χ0v) is 13.3. The van der Waals surface area contributed by atoms with Crippen molar-refractivity contribution in [2.24, 2.45) is 5.92 Å². The van der Waals surface area contributed by atoms with Crippen LogP contribution in [0.1, 0.15) is 57.3 Å². The second-order valence-corrected chi connectivity index (χ2v) is 6.75. The van der Waals surface area contributed by atoms with Crippen molar-refractivity contribution in [1.29, 1.82) is 0 Å². The summed E-state index contributed by atoms with van der Waals surface area (Å²) in [5, 5.41) is 10.7. The quantitative estimate of drug-likeness (QED) is 0.815. The van der Waals surface area contributed by atoms with E-state index in [9.17, 15) is 5.11 Å². The van der Waals surface area contributed by atoms with Crippen LogP contribution < -0.4 is 0 Å². The Balaban J connectivity index is 2.02. The van der Waals surface area contributed by atoms with Crippen LogP contribution in [-0.4, -0.2) is 28.6 Å². The van der Waals surface area contributed by atoms with Crippen molar-refractivity contribution in [3.05, 3.63) is 35.4 Å². The van der Waals surface area contributed by atoms with Gasteiger partial charge in [0.25, 0.3) is 0 Å². The summed E-state index contributed by atoms with van der Waals surface area (Å²) in [6, 6.07) is 9.18. The van der Waals surface area contributed by atoms with Crippen LogP contribution in [0.25, 0.3) is 0 Å². The number of aliphatic hydroxyl groups excluding tert-OH is 1. The predicted octanol–water partition coefficient (Wildman–Crippen LogP) is 3.93. The van der Waals surface area contributed by atoms with Crippen molar-refractivity contribution in [3.8, 4) is 0 Å². The first kappa shape index (κ1) is 15.5. The largest absolute Gasteiger partial charge is 0.387 e. The van der Waals surface area contributed by atoms with Gasteiger partial charge in [-0.05, 0) is 51.1 Å². The topological polar surface area (TPSA) is 23.5 Å². The Hall–Kier alpha value is -0.860. The molecule has 0 radical (unpaired) electrons. The molecular weight excluding hydrogens is 246 g/mol. The number of hydrogen-bond donors (Lipinski definition) is 1. The number of hydrogen-bond acceptors (Lipinski definition) is 2. The first-order chi connectivity index (χ1) is 9.49. The van der Waals surface area contributed by atoms with Gasteiger partial charge < -0.3 is 5.11 Å². The molecule has 1 saturated carbocycles. The third-order valence-corrected chi connectivity index (χ3v) is 4.38. The molecular formula is C18H29NO. The van der Waals surface area contributed by atoms with Gasteiger partial charge in [-0.2, -0.15) is 0 Å². The van der Waals surface area contributed by atoms with E-state index >= 15 is 0 Å². The molecule has 2 atom stereocenters. The summed E-state index contributed by atoms with van der Waals surface area (Å²) in [5.74, 6) is 0.722. The zero-order valence-electron chi connectivity index (χ0n) is 13.3. The maximum absolute atomic E-state index is 10.7. The van der Waals surface area contributed by atoms with E-state index in [-0.39, 0.29) is 12.1 Å². The molecule has 2 rings (SSSR count). The Morgan fingerprint density at radius 2 is 1.75 bits per heavy atom. The molecule has 0 spiro atoms. The van der Waals surface area contributed by atoms with E-state index in [1.165, 1.54) is 24.8 Å². The minimum atomic E-state index is -0.386. The lowest BCUT2D eigenvalue weighted by Crippen LogP contribution is -2.40. The highest BCUT2D eigenvalue weighted by atomic mass is 16.3. The van der Waals surface area contributed by atoms with E-state index in [4.69, 9.17) is 0 Å². The van der Waals surface area contributed by atoms with Crippen LogP contribution in [0.15, 0.2) is 24.3 Å². The van der Waals surface area contributed by atoms with Gasteiger partial charge in [0.15, 0.2) is 0 Å². The van der Waals surface area contributed by atoms with E-state index in [0.717, 1.165) is 18.0 Å². The third-order valence-electron chi connectivity index (χ3n) is 4.38. The average molecular weight is 275 g/mol. The standard InChI is InChI=1S/C18H29NO/c1-13(2)11-12-19(17-9-10-17)15(4)18(20)16-7-5-14(3)6-8-16/h5-8,13,15,17-18,20H,9-12H2,1-4H3. The molecule has 2 nitrogen and oxygen atoms in total. The highest BCUT2D eigenvalue weighted by Gasteiger charge is 2.34. The maximum Gasteiger partial charge on any atom is 0.0942 e. The lowest BCUT2D eigenvalue weighted by Gasteiger charge is -2.33. The van der Waals surface area contributed by atoms with Crippen molar-refractivity contribution in [1.82, 2.24) is 4.90 Å². The Labute approximate surface area is 123 Å². The third kappa shape index (κ3) is 4.07. The van der Waals surface area contributed by atoms with E-state index in [2.05, 4.69) is 56.9 Å². The molecule has 0 aromatic heterocycles. The monoisotopic (exact) mass is 275 g/mol. The van der Waals surface area contributed by atoms with Crippen LogP contribution in [0, 0.1) is 12.8 Å². The van der Waals surface area contributed by atoms with Gasteiger partial charge in [-0.1, -0.05) is 43.7 Å². The number of benzene rings is 1. The van der Waals surface area contributed by atoms with Crippen molar-refractivity contribution >= 4 is 0 Å². The normalized spacial score (nSPS) is 18.6. The highest BCUT2D eigenvalue weighted by molar-refractivity contribution is 5.24. The zero-order chi connectivity index (χ0) is 14.7. The maximum atomic E-state index is 10.7. The van der Waals surface area contributed by atoms with Gasteiger partial charge in [-0.3, -0.25) is 4.90 Å². The summed E-state index contributed by atoms with van der Waals surface area (Å²) >= 11 is 0. The first-order valence-corrected chi connectivity index (χ1v) is 7.99. The van der Waals surface area contributed by atoms with E-state index in [1.54, 1.807) is 0 Å². The van der Waals surface area contributed by atoms with E-state index in [0.29, 0.717) is 6.04 Å². The second-order valence-electron chi connectivity index (χ2n) is 6.75. The van der Waals surface area contributed by atoms with E-state index < -0.39 is 0 Å². The van der Waals surface area contributed by atoms with E-state index in [1.807, 2.05) is 0 Å². The molecule has 0 bridgehead atoms. The summed E-state index contributed by atoms with van der Waals surface area (Å²) in [4.78, 5) is 2.52. The molecule has 0 heterocycles.